The first-order valence-corrected chi connectivity index (χ1v) is 11.8. The molecule has 0 unspecified atom stereocenters. The summed E-state index contributed by atoms with van der Waals surface area (Å²) in [5.41, 5.74) is 0.583. The van der Waals surface area contributed by atoms with Gasteiger partial charge < -0.3 is 4.74 Å². The molecule has 0 radical (unpaired) electrons. The van der Waals surface area contributed by atoms with Gasteiger partial charge in [0.25, 0.3) is 5.24 Å². The highest BCUT2D eigenvalue weighted by Gasteiger charge is 2.12. The van der Waals surface area contributed by atoms with E-state index in [2.05, 4.69) is 13.2 Å². The fourth-order valence-electron chi connectivity index (χ4n) is 1.96. The molecule has 0 heterocycles. The molecule has 0 aliphatic carbocycles. The van der Waals surface area contributed by atoms with Gasteiger partial charge in [0.2, 0.25) is 0 Å². The van der Waals surface area contributed by atoms with Crippen molar-refractivity contribution in [2.24, 2.45) is 0 Å². The number of ether oxygens (including phenoxy) is 1. The predicted octanol–water partition coefficient (Wildman–Crippen LogP) is 3.76. The van der Waals surface area contributed by atoms with E-state index in [1.165, 1.54) is 48.5 Å². The number of halogens is 1. The van der Waals surface area contributed by atoms with E-state index >= 15 is 0 Å². The molecule has 0 saturated heterocycles. The molecule has 160 valence electrons. The van der Waals surface area contributed by atoms with Crippen LogP contribution in [-0.4, -0.2) is 34.7 Å². The maximum Gasteiger partial charge on any atom is 0.338 e. The van der Waals surface area contributed by atoms with Gasteiger partial charge >= 0.3 is 5.97 Å². The lowest BCUT2D eigenvalue weighted by Gasteiger charge is -2.02. The molecule has 0 spiro atoms. The lowest BCUT2D eigenvalue weighted by atomic mass is 10.2. The fraction of sp³-hybridized carbons (Fsp3) is 0.100. The van der Waals surface area contributed by atoms with Gasteiger partial charge in [-0.25, -0.2) is 21.6 Å². The number of esters is 1. The highest BCUT2D eigenvalue weighted by Crippen LogP contribution is 2.14. The maximum atomic E-state index is 11.4. The van der Waals surface area contributed by atoms with Crippen LogP contribution in [0.1, 0.15) is 27.6 Å². The highest BCUT2D eigenvalue weighted by atomic mass is 35.5. The van der Waals surface area contributed by atoms with Gasteiger partial charge in [0, 0.05) is 16.4 Å². The summed E-state index contributed by atoms with van der Waals surface area (Å²) in [4.78, 5) is 22.2. The maximum absolute atomic E-state index is 11.4. The Kier molecular flexibility index (Phi) is 9.16. The molecule has 7 nitrogen and oxygen atoms in total. The predicted molar refractivity (Wildman–Crippen MR) is 114 cm³/mol. The number of rotatable bonds is 7. The topological polar surface area (TPSA) is 112 Å². The molecule has 0 aliphatic heterocycles. The smallest absolute Gasteiger partial charge is 0.338 e. The number of benzene rings is 2. The largest absolute Gasteiger partial charge is 0.462 e. The molecule has 0 amide bonds. The highest BCUT2D eigenvalue weighted by molar-refractivity contribution is 7.94. The van der Waals surface area contributed by atoms with E-state index in [1.807, 2.05) is 0 Å². The van der Waals surface area contributed by atoms with Crippen molar-refractivity contribution in [2.75, 3.05) is 6.61 Å². The normalized spacial score (nSPS) is 10.9. The zero-order valence-corrected chi connectivity index (χ0v) is 18.3. The molecule has 0 bridgehead atoms. The van der Waals surface area contributed by atoms with E-state index in [0.29, 0.717) is 5.56 Å². The average Bonchev–Trinajstić information content (AvgIpc) is 2.74. The standard InChI is InChI=1S/C11H12O4S.C9H7ClO3S/c1-3-15-11(12)9-5-7-10(8-6-9)16(13,14)4-2;1-2-14(12,13)8-5-3-7(4-6-8)9(10)11/h4-8H,2-3H2,1H3;2-6H,1H2. The zero-order valence-electron chi connectivity index (χ0n) is 15.9. The van der Waals surface area contributed by atoms with Crippen LogP contribution in [0.3, 0.4) is 0 Å². The van der Waals surface area contributed by atoms with Crippen LogP contribution in [0.5, 0.6) is 0 Å². The Balaban J connectivity index is 0.000000303. The minimum absolute atomic E-state index is 0.0918. The van der Waals surface area contributed by atoms with Crippen LogP contribution in [-0.2, 0) is 24.4 Å². The molecule has 0 aliphatic rings. The van der Waals surface area contributed by atoms with Gasteiger partial charge in [-0.3, -0.25) is 4.79 Å². The molecule has 2 aromatic rings. The number of hydrogen-bond acceptors (Lipinski definition) is 7. The number of carbonyl (C=O) groups is 2. The van der Waals surface area contributed by atoms with E-state index in [0.717, 1.165) is 10.8 Å². The summed E-state index contributed by atoms with van der Waals surface area (Å²) in [5, 5.41) is 1.10. The molecule has 0 fully saturated rings. The summed E-state index contributed by atoms with van der Waals surface area (Å²) in [6.45, 7) is 8.39. The lowest BCUT2D eigenvalue weighted by molar-refractivity contribution is 0.0526. The van der Waals surface area contributed by atoms with Crippen LogP contribution in [0.15, 0.2) is 82.3 Å². The van der Waals surface area contributed by atoms with Crippen molar-refractivity contribution in [1.82, 2.24) is 0 Å². The summed E-state index contributed by atoms with van der Waals surface area (Å²) < 4.78 is 50.0. The van der Waals surface area contributed by atoms with Gasteiger partial charge in [-0.2, -0.15) is 0 Å². The third-order valence-corrected chi connectivity index (χ3v) is 6.50. The molecule has 2 rings (SSSR count). The molecular weight excluding hydrogens is 452 g/mol. The zero-order chi connectivity index (χ0) is 22.9. The van der Waals surface area contributed by atoms with Crippen LogP contribution in [0, 0.1) is 0 Å². The van der Waals surface area contributed by atoms with Crippen molar-refractivity contribution in [3.8, 4) is 0 Å². The second-order valence-corrected chi connectivity index (χ2v) is 9.60. The van der Waals surface area contributed by atoms with Crippen molar-refractivity contribution < 1.29 is 31.2 Å². The van der Waals surface area contributed by atoms with E-state index in [4.69, 9.17) is 16.3 Å². The lowest BCUT2D eigenvalue weighted by Crippen LogP contribution is -2.05. The molecular formula is C20H19ClO7S2. The first-order valence-electron chi connectivity index (χ1n) is 8.30. The summed E-state index contributed by atoms with van der Waals surface area (Å²) in [7, 11) is -6.87. The molecule has 10 heteroatoms. The van der Waals surface area contributed by atoms with Crippen molar-refractivity contribution >= 4 is 42.5 Å². The first kappa shape index (κ1) is 25.3. The van der Waals surface area contributed by atoms with E-state index in [1.54, 1.807) is 6.92 Å². The molecule has 0 atom stereocenters. The van der Waals surface area contributed by atoms with Crippen LogP contribution in [0.2, 0.25) is 0 Å². The molecule has 0 N–H and O–H groups in total. The van der Waals surface area contributed by atoms with Gasteiger partial charge in [0.1, 0.15) is 0 Å². The Morgan fingerprint density at radius 3 is 1.50 bits per heavy atom. The minimum atomic E-state index is -3.44. The van der Waals surface area contributed by atoms with E-state index in [-0.39, 0.29) is 22.0 Å². The van der Waals surface area contributed by atoms with E-state index < -0.39 is 30.9 Å². The molecule has 0 saturated carbocycles. The van der Waals surface area contributed by atoms with Crippen molar-refractivity contribution in [2.45, 2.75) is 16.7 Å². The average molecular weight is 471 g/mol. The SMILES string of the molecule is C=CS(=O)(=O)c1ccc(C(=O)Cl)cc1.C=CS(=O)(=O)c1ccc(C(=O)OCC)cc1. The van der Waals surface area contributed by atoms with Crippen molar-refractivity contribution in [3.05, 3.63) is 83.6 Å². The van der Waals surface area contributed by atoms with Gasteiger partial charge in [0.05, 0.1) is 22.0 Å². The summed E-state index contributed by atoms with van der Waals surface area (Å²) in [5.74, 6) is -0.468. The number of hydrogen-bond donors (Lipinski definition) is 0. The third kappa shape index (κ3) is 6.94. The van der Waals surface area contributed by atoms with Crippen LogP contribution < -0.4 is 0 Å². The second-order valence-electron chi connectivity index (χ2n) is 5.47. The van der Waals surface area contributed by atoms with Crippen LogP contribution in [0.4, 0.5) is 0 Å². The summed E-state index contributed by atoms with van der Waals surface area (Å²) >= 11 is 5.20. The van der Waals surface area contributed by atoms with Gasteiger partial charge in [-0.1, -0.05) is 13.2 Å². The first-order chi connectivity index (χ1) is 14.0. The van der Waals surface area contributed by atoms with Gasteiger partial charge in [0.15, 0.2) is 19.7 Å². The number of carbonyl (C=O) groups excluding carboxylic acids is 2. The van der Waals surface area contributed by atoms with Crippen LogP contribution in [0.25, 0.3) is 0 Å². The Morgan fingerprint density at radius 2 is 1.20 bits per heavy atom. The molecule has 30 heavy (non-hydrogen) atoms. The van der Waals surface area contributed by atoms with Crippen molar-refractivity contribution in [3.63, 3.8) is 0 Å². The quantitative estimate of drug-likeness (QED) is 0.447. The minimum Gasteiger partial charge on any atom is -0.462 e. The molecule has 2 aromatic carbocycles. The van der Waals surface area contributed by atoms with Gasteiger partial charge in [-0.15, -0.1) is 0 Å². The Labute approximate surface area is 180 Å². The third-order valence-electron chi connectivity index (χ3n) is 3.54. The second kappa shape index (κ2) is 10.9. The Morgan fingerprint density at radius 1 is 0.833 bits per heavy atom. The van der Waals surface area contributed by atoms with Crippen LogP contribution >= 0.6 is 11.6 Å². The summed E-state index contributed by atoms with van der Waals surface area (Å²) in [6.07, 6.45) is 0. The molecule has 0 aromatic heterocycles. The fourth-order valence-corrected chi connectivity index (χ4v) is 3.50. The number of sulfone groups is 2. The Bertz CT molecular complexity index is 1130. The van der Waals surface area contributed by atoms with Gasteiger partial charge in [-0.05, 0) is 67.1 Å². The van der Waals surface area contributed by atoms with Crippen molar-refractivity contribution in [1.29, 1.82) is 0 Å². The Hall–Kier alpha value is -2.75. The monoisotopic (exact) mass is 470 g/mol. The summed E-state index contributed by atoms with van der Waals surface area (Å²) in [6, 6.07) is 10.9. The van der Waals surface area contributed by atoms with E-state index in [9.17, 15) is 26.4 Å².